The Balaban J connectivity index is 2.61. The molecule has 17 heavy (non-hydrogen) atoms. The van der Waals surface area contributed by atoms with E-state index in [1.807, 2.05) is 25.1 Å². The van der Waals surface area contributed by atoms with Gasteiger partial charge in [0.25, 0.3) is 0 Å². The van der Waals surface area contributed by atoms with Gasteiger partial charge in [-0.1, -0.05) is 36.7 Å². The van der Waals surface area contributed by atoms with Gasteiger partial charge in [-0.25, -0.2) is 0 Å². The van der Waals surface area contributed by atoms with Crippen LogP contribution in [0.5, 0.6) is 0 Å². The molecule has 90 valence electrons. The highest BCUT2D eigenvalue weighted by molar-refractivity contribution is 6.30. The highest BCUT2D eigenvalue weighted by Gasteiger charge is 2.19. The second kappa shape index (κ2) is 4.41. The maximum atomic E-state index is 5.94. The van der Waals surface area contributed by atoms with Crippen LogP contribution < -0.4 is 5.73 Å². The van der Waals surface area contributed by atoms with Crippen LogP contribution in [-0.4, -0.2) is 5.16 Å². The Labute approximate surface area is 106 Å². The minimum absolute atomic E-state index is 0.270. The van der Waals surface area contributed by atoms with Gasteiger partial charge < -0.3 is 10.3 Å². The van der Waals surface area contributed by atoms with Crippen molar-refractivity contribution in [1.82, 2.24) is 5.16 Å². The van der Waals surface area contributed by atoms with Crippen LogP contribution in [0.2, 0.25) is 5.02 Å². The maximum absolute atomic E-state index is 5.94. The first-order chi connectivity index (χ1) is 8.00. The molecule has 0 fully saturated rings. The second-order valence-corrected chi connectivity index (χ2v) is 4.86. The van der Waals surface area contributed by atoms with Crippen LogP contribution in [0.15, 0.2) is 22.7 Å². The third kappa shape index (κ3) is 2.15. The predicted octanol–water partition coefficient (Wildman–Crippen LogP) is 4.01. The van der Waals surface area contributed by atoms with Crippen molar-refractivity contribution in [1.29, 1.82) is 0 Å². The molecule has 0 unspecified atom stereocenters. The lowest BCUT2D eigenvalue weighted by Crippen LogP contribution is -1.95. The summed E-state index contributed by atoms with van der Waals surface area (Å²) in [5.74, 6) is 0.663. The fourth-order valence-corrected chi connectivity index (χ4v) is 2.18. The molecule has 0 atom stereocenters. The zero-order valence-electron chi connectivity index (χ0n) is 10.1. The largest absolute Gasteiger partial charge is 0.367 e. The zero-order valence-corrected chi connectivity index (χ0v) is 10.9. The van der Waals surface area contributed by atoms with E-state index in [1.165, 1.54) is 0 Å². The van der Waals surface area contributed by atoms with Crippen LogP contribution in [0.3, 0.4) is 0 Å². The first kappa shape index (κ1) is 12.0. The van der Waals surface area contributed by atoms with Gasteiger partial charge in [-0.05, 0) is 30.5 Å². The number of hydrogen-bond donors (Lipinski definition) is 1. The molecule has 2 N–H and O–H groups in total. The number of halogens is 1. The molecule has 0 saturated carbocycles. The number of nitrogens with two attached hydrogens (primary N) is 1. The van der Waals surface area contributed by atoms with Gasteiger partial charge in [0, 0.05) is 16.1 Å². The Morgan fingerprint density at radius 3 is 2.65 bits per heavy atom. The van der Waals surface area contributed by atoms with E-state index in [-0.39, 0.29) is 5.92 Å². The number of benzene rings is 1. The van der Waals surface area contributed by atoms with Crippen molar-refractivity contribution >= 4 is 17.5 Å². The smallest absolute Gasteiger partial charge is 0.226 e. The summed E-state index contributed by atoms with van der Waals surface area (Å²) in [4.78, 5) is 0. The molecule has 2 aromatic rings. The van der Waals surface area contributed by atoms with Crippen molar-refractivity contribution in [2.24, 2.45) is 0 Å². The van der Waals surface area contributed by atoms with E-state index in [0.717, 1.165) is 22.4 Å². The minimum Gasteiger partial charge on any atom is -0.367 e. The average Bonchev–Trinajstić information content (AvgIpc) is 2.60. The molecule has 0 bridgehead atoms. The summed E-state index contributed by atoms with van der Waals surface area (Å²) < 4.78 is 5.09. The standard InChI is InChI=1S/C13H15ClN2O/c1-7(2)11-12(16-17-13(11)15)10-5-4-9(14)6-8(10)3/h4-7H,15H2,1-3H3. The molecule has 1 heterocycles. The van der Waals surface area contributed by atoms with Crippen molar-refractivity contribution in [3.8, 4) is 11.3 Å². The molecular weight excluding hydrogens is 236 g/mol. The lowest BCUT2D eigenvalue weighted by molar-refractivity contribution is 0.438. The SMILES string of the molecule is Cc1cc(Cl)ccc1-c1noc(N)c1C(C)C. The average molecular weight is 251 g/mol. The van der Waals surface area contributed by atoms with Crippen molar-refractivity contribution < 1.29 is 4.52 Å². The van der Waals surface area contributed by atoms with Gasteiger partial charge in [0.1, 0.15) is 5.69 Å². The number of aryl methyl sites for hydroxylation is 1. The lowest BCUT2D eigenvalue weighted by Gasteiger charge is -2.08. The van der Waals surface area contributed by atoms with Gasteiger partial charge in [0.15, 0.2) is 0 Å². The summed E-state index contributed by atoms with van der Waals surface area (Å²) in [6, 6.07) is 5.70. The van der Waals surface area contributed by atoms with E-state index in [2.05, 4.69) is 19.0 Å². The summed E-state index contributed by atoms with van der Waals surface area (Å²) in [7, 11) is 0. The van der Waals surface area contributed by atoms with Crippen LogP contribution >= 0.6 is 11.6 Å². The molecule has 3 nitrogen and oxygen atoms in total. The number of nitrogens with zero attached hydrogens (tertiary/aromatic N) is 1. The molecule has 1 aromatic heterocycles. The van der Waals surface area contributed by atoms with Gasteiger partial charge in [-0.3, -0.25) is 0 Å². The van der Waals surface area contributed by atoms with E-state index in [1.54, 1.807) is 0 Å². The molecule has 0 spiro atoms. The van der Waals surface area contributed by atoms with Crippen LogP contribution in [0.4, 0.5) is 5.88 Å². The lowest BCUT2D eigenvalue weighted by atomic mass is 9.96. The summed E-state index contributed by atoms with van der Waals surface area (Å²) in [5.41, 5.74) is 9.65. The Morgan fingerprint density at radius 2 is 2.06 bits per heavy atom. The number of rotatable bonds is 2. The molecule has 0 aliphatic carbocycles. The van der Waals surface area contributed by atoms with Crippen molar-refractivity contribution in [3.63, 3.8) is 0 Å². The Kier molecular flexibility index (Phi) is 3.11. The summed E-state index contributed by atoms with van der Waals surface area (Å²) in [6.07, 6.45) is 0. The second-order valence-electron chi connectivity index (χ2n) is 4.42. The van der Waals surface area contributed by atoms with Crippen molar-refractivity contribution in [3.05, 3.63) is 34.3 Å². The highest BCUT2D eigenvalue weighted by Crippen LogP contribution is 2.35. The Hall–Kier alpha value is -1.48. The summed E-state index contributed by atoms with van der Waals surface area (Å²) >= 11 is 5.94. The van der Waals surface area contributed by atoms with Crippen molar-refractivity contribution in [2.75, 3.05) is 5.73 Å². The van der Waals surface area contributed by atoms with Gasteiger partial charge in [-0.2, -0.15) is 0 Å². The monoisotopic (exact) mass is 250 g/mol. The number of hydrogen-bond acceptors (Lipinski definition) is 3. The maximum Gasteiger partial charge on any atom is 0.226 e. The third-order valence-electron chi connectivity index (χ3n) is 2.78. The van der Waals surface area contributed by atoms with Crippen LogP contribution in [0, 0.1) is 6.92 Å². The van der Waals surface area contributed by atoms with Crippen molar-refractivity contribution in [2.45, 2.75) is 26.7 Å². The highest BCUT2D eigenvalue weighted by atomic mass is 35.5. The number of anilines is 1. The van der Waals surface area contributed by atoms with Crippen LogP contribution in [-0.2, 0) is 0 Å². The molecule has 0 amide bonds. The zero-order chi connectivity index (χ0) is 12.6. The topological polar surface area (TPSA) is 52.0 Å². The molecule has 0 aliphatic rings. The van der Waals surface area contributed by atoms with E-state index in [9.17, 15) is 0 Å². The first-order valence-electron chi connectivity index (χ1n) is 5.52. The number of nitrogen functional groups attached to an aromatic ring is 1. The van der Waals surface area contributed by atoms with Gasteiger partial charge in [0.2, 0.25) is 5.88 Å². The van der Waals surface area contributed by atoms with E-state index < -0.39 is 0 Å². The molecule has 1 aromatic carbocycles. The first-order valence-corrected chi connectivity index (χ1v) is 5.90. The van der Waals surface area contributed by atoms with E-state index in [4.69, 9.17) is 21.9 Å². The normalized spacial score (nSPS) is 11.1. The van der Waals surface area contributed by atoms with Crippen LogP contribution in [0.1, 0.15) is 30.9 Å². The number of aromatic nitrogens is 1. The molecule has 0 saturated heterocycles. The van der Waals surface area contributed by atoms with Gasteiger partial charge in [0.05, 0.1) is 0 Å². The Bertz CT molecular complexity index is 546. The van der Waals surface area contributed by atoms with Crippen LogP contribution in [0.25, 0.3) is 11.3 Å². The van der Waals surface area contributed by atoms with E-state index >= 15 is 0 Å². The van der Waals surface area contributed by atoms with Gasteiger partial charge >= 0.3 is 0 Å². The molecular formula is C13H15ClN2O. The quantitative estimate of drug-likeness (QED) is 0.876. The summed E-state index contributed by atoms with van der Waals surface area (Å²) in [6.45, 7) is 6.13. The molecule has 0 aliphatic heterocycles. The van der Waals surface area contributed by atoms with Gasteiger partial charge in [-0.15, -0.1) is 0 Å². The third-order valence-corrected chi connectivity index (χ3v) is 3.01. The van der Waals surface area contributed by atoms with E-state index in [0.29, 0.717) is 10.9 Å². The summed E-state index contributed by atoms with van der Waals surface area (Å²) in [5, 5.41) is 4.77. The molecule has 0 radical (unpaired) electrons. The predicted molar refractivity (Wildman–Crippen MR) is 70.2 cm³/mol. The fraction of sp³-hybridized carbons (Fsp3) is 0.308. The Morgan fingerprint density at radius 1 is 1.35 bits per heavy atom. The minimum atomic E-state index is 0.270. The fourth-order valence-electron chi connectivity index (χ4n) is 1.95. The molecule has 2 rings (SSSR count). The molecule has 4 heteroatoms.